The Morgan fingerprint density at radius 2 is 2.12 bits per heavy atom. The molecule has 0 amide bonds. The molecule has 0 aliphatic carbocycles. The van der Waals surface area contributed by atoms with Gasteiger partial charge < -0.3 is 14.8 Å². The molecule has 0 aromatic carbocycles. The summed E-state index contributed by atoms with van der Waals surface area (Å²) in [6.45, 7) is 8.09. The van der Waals surface area contributed by atoms with Crippen LogP contribution in [-0.2, 0) is 6.54 Å². The van der Waals surface area contributed by atoms with Gasteiger partial charge in [-0.05, 0) is 18.3 Å². The molecule has 1 aromatic rings. The normalized spacial score (nSPS) is 27.7. The molecular formula is C13H22N4. The van der Waals surface area contributed by atoms with Crippen molar-refractivity contribution >= 4 is 5.95 Å². The summed E-state index contributed by atoms with van der Waals surface area (Å²) < 4.78 is 2.32. The second kappa shape index (κ2) is 4.69. The van der Waals surface area contributed by atoms with Crippen LogP contribution in [0.3, 0.4) is 0 Å². The number of fused-ring (bicyclic) bond motifs is 1. The van der Waals surface area contributed by atoms with E-state index in [0.29, 0.717) is 0 Å². The zero-order chi connectivity index (χ0) is 11.7. The second-order valence-corrected chi connectivity index (χ2v) is 5.36. The number of imidazole rings is 1. The number of hydrogen-bond donors (Lipinski definition) is 1. The number of rotatable bonds is 4. The molecule has 94 valence electrons. The van der Waals surface area contributed by atoms with Crippen LogP contribution in [0, 0.1) is 11.8 Å². The maximum Gasteiger partial charge on any atom is 0.205 e. The van der Waals surface area contributed by atoms with Crippen molar-refractivity contribution in [1.82, 2.24) is 14.9 Å². The molecule has 0 spiro atoms. The summed E-state index contributed by atoms with van der Waals surface area (Å²) in [4.78, 5) is 7.02. The third-order valence-electron chi connectivity index (χ3n) is 4.12. The van der Waals surface area contributed by atoms with Gasteiger partial charge in [-0.2, -0.15) is 0 Å². The van der Waals surface area contributed by atoms with Crippen molar-refractivity contribution in [2.75, 3.05) is 31.1 Å². The van der Waals surface area contributed by atoms with Gasteiger partial charge in [0, 0.05) is 45.1 Å². The summed E-state index contributed by atoms with van der Waals surface area (Å²) in [6.07, 6.45) is 6.55. The van der Waals surface area contributed by atoms with Gasteiger partial charge in [-0.25, -0.2) is 4.98 Å². The molecule has 3 heterocycles. The Kier molecular flexibility index (Phi) is 3.05. The van der Waals surface area contributed by atoms with Gasteiger partial charge in [0.1, 0.15) is 0 Å². The topological polar surface area (TPSA) is 33.1 Å². The molecule has 2 atom stereocenters. The number of unbranched alkanes of at least 4 members (excludes halogenated alkanes) is 1. The van der Waals surface area contributed by atoms with Crippen molar-refractivity contribution in [2.24, 2.45) is 11.8 Å². The number of nitrogens with zero attached hydrogens (tertiary/aromatic N) is 3. The first kappa shape index (κ1) is 11.1. The summed E-state index contributed by atoms with van der Waals surface area (Å²) in [5, 5.41) is 3.49. The molecule has 0 bridgehead atoms. The Labute approximate surface area is 103 Å². The van der Waals surface area contributed by atoms with Crippen LogP contribution in [0.4, 0.5) is 5.95 Å². The predicted molar refractivity (Wildman–Crippen MR) is 69.2 cm³/mol. The van der Waals surface area contributed by atoms with Gasteiger partial charge in [0.2, 0.25) is 5.95 Å². The van der Waals surface area contributed by atoms with E-state index in [1.54, 1.807) is 0 Å². The lowest BCUT2D eigenvalue weighted by Gasteiger charge is -2.20. The number of aryl methyl sites for hydroxylation is 1. The Morgan fingerprint density at radius 1 is 1.35 bits per heavy atom. The highest BCUT2D eigenvalue weighted by molar-refractivity contribution is 5.34. The molecule has 0 radical (unpaired) electrons. The zero-order valence-corrected chi connectivity index (χ0v) is 10.6. The van der Waals surface area contributed by atoms with Gasteiger partial charge in [-0.3, -0.25) is 0 Å². The molecule has 2 saturated heterocycles. The van der Waals surface area contributed by atoms with Crippen molar-refractivity contribution in [3.05, 3.63) is 12.4 Å². The molecule has 3 rings (SSSR count). The van der Waals surface area contributed by atoms with E-state index in [-0.39, 0.29) is 0 Å². The third-order valence-corrected chi connectivity index (χ3v) is 4.12. The molecule has 17 heavy (non-hydrogen) atoms. The van der Waals surface area contributed by atoms with Gasteiger partial charge in [0.15, 0.2) is 0 Å². The number of nitrogens with one attached hydrogen (secondary N) is 1. The van der Waals surface area contributed by atoms with Crippen LogP contribution in [0.25, 0.3) is 0 Å². The molecule has 4 nitrogen and oxygen atoms in total. The van der Waals surface area contributed by atoms with Gasteiger partial charge in [-0.1, -0.05) is 13.3 Å². The lowest BCUT2D eigenvalue weighted by atomic mass is 10.0. The van der Waals surface area contributed by atoms with Crippen molar-refractivity contribution < 1.29 is 0 Å². The Morgan fingerprint density at radius 3 is 2.82 bits per heavy atom. The zero-order valence-electron chi connectivity index (χ0n) is 10.6. The molecule has 0 saturated carbocycles. The summed E-state index contributed by atoms with van der Waals surface area (Å²) in [7, 11) is 0. The third kappa shape index (κ3) is 2.06. The largest absolute Gasteiger partial charge is 0.342 e. The molecule has 1 N–H and O–H groups in total. The van der Waals surface area contributed by atoms with Gasteiger partial charge in [-0.15, -0.1) is 0 Å². The first-order valence-electron chi connectivity index (χ1n) is 6.85. The highest BCUT2D eigenvalue weighted by Crippen LogP contribution is 2.29. The predicted octanol–water partition coefficient (Wildman–Crippen LogP) is 1.34. The van der Waals surface area contributed by atoms with E-state index in [0.717, 1.165) is 18.4 Å². The fraction of sp³-hybridized carbons (Fsp3) is 0.769. The van der Waals surface area contributed by atoms with E-state index >= 15 is 0 Å². The fourth-order valence-corrected chi connectivity index (χ4v) is 3.11. The summed E-state index contributed by atoms with van der Waals surface area (Å²) >= 11 is 0. The van der Waals surface area contributed by atoms with E-state index < -0.39 is 0 Å². The van der Waals surface area contributed by atoms with Crippen molar-refractivity contribution in [2.45, 2.75) is 26.3 Å². The minimum absolute atomic E-state index is 0.839. The minimum atomic E-state index is 0.839. The molecule has 4 heteroatoms. The van der Waals surface area contributed by atoms with Crippen molar-refractivity contribution in [3.8, 4) is 0 Å². The maximum atomic E-state index is 4.55. The van der Waals surface area contributed by atoms with Crippen LogP contribution >= 0.6 is 0 Å². The van der Waals surface area contributed by atoms with Crippen LogP contribution in [0.5, 0.6) is 0 Å². The smallest absolute Gasteiger partial charge is 0.205 e. The van der Waals surface area contributed by atoms with Crippen LogP contribution in [0.2, 0.25) is 0 Å². The Bertz CT molecular complexity index is 361. The average molecular weight is 234 g/mol. The molecule has 0 unspecified atom stereocenters. The number of aromatic nitrogens is 2. The van der Waals surface area contributed by atoms with E-state index in [1.807, 2.05) is 6.20 Å². The summed E-state index contributed by atoms with van der Waals surface area (Å²) in [5.74, 6) is 2.87. The molecule has 1 aromatic heterocycles. The monoisotopic (exact) mass is 234 g/mol. The van der Waals surface area contributed by atoms with E-state index in [2.05, 4.69) is 32.9 Å². The SMILES string of the molecule is CCCCn1ccnc1N1C[C@H]2CNC[C@H]2C1. The first-order valence-corrected chi connectivity index (χ1v) is 6.85. The lowest BCUT2D eigenvalue weighted by Crippen LogP contribution is -2.28. The Hall–Kier alpha value is -1.03. The van der Waals surface area contributed by atoms with E-state index in [9.17, 15) is 0 Å². The average Bonchev–Trinajstić information content (AvgIpc) is 2.99. The summed E-state index contributed by atoms with van der Waals surface area (Å²) in [6, 6.07) is 0. The standard InChI is InChI=1S/C13H22N4/c1-2-3-5-16-6-4-15-13(16)17-9-11-7-14-8-12(11)10-17/h4,6,11-12,14H,2-3,5,7-10H2,1H3/t11-,12+. The lowest BCUT2D eigenvalue weighted by molar-refractivity contribution is 0.533. The Balaban J connectivity index is 1.70. The van der Waals surface area contributed by atoms with Crippen LogP contribution in [-0.4, -0.2) is 35.7 Å². The second-order valence-electron chi connectivity index (χ2n) is 5.36. The van der Waals surface area contributed by atoms with E-state index in [1.165, 1.54) is 45.0 Å². The van der Waals surface area contributed by atoms with Crippen LogP contribution in [0.1, 0.15) is 19.8 Å². The first-order chi connectivity index (χ1) is 8.38. The van der Waals surface area contributed by atoms with Gasteiger partial charge in [0.25, 0.3) is 0 Å². The number of hydrogen-bond acceptors (Lipinski definition) is 3. The van der Waals surface area contributed by atoms with Crippen LogP contribution in [0.15, 0.2) is 12.4 Å². The van der Waals surface area contributed by atoms with E-state index in [4.69, 9.17) is 0 Å². The fourth-order valence-electron chi connectivity index (χ4n) is 3.11. The molecule has 2 aliphatic heterocycles. The van der Waals surface area contributed by atoms with Crippen molar-refractivity contribution in [1.29, 1.82) is 0 Å². The van der Waals surface area contributed by atoms with Gasteiger partial charge in [0.05, 0.1) is 0 Å². The maximum absolute atomic E-state index is 4.55. The van der Waals surface area contributed by atoms with Gasteiger partial charge >= 0.3 is 0 Å². The highest BCUT2D eigenvalue weighted by Gasteiger charge is 2.37. The van der Waals surface area contributed by atoms with Crippen molar-refractivity contribution in [3.63, 3.8) is 0 Å². The summed E-state index contributed by atoms with van der Waals surface area (Å²) in [5.41, 5.74) is 0. The quantitative estimate of drug-likeness (QED) is 0.853. The van der Waals surface area contributed by atoms with Crippen LogP contribution < -0.4 is 10.2 Å². The molecular weight excluding hydrogens is 212 g/mol. The highest BCUT2D eigenvalue weighted by atomic mass is 15.3. The molecule has 2 aliphatic rings. The molecule has 2 fully saturated rings. The number of anilines is 1. The minimum Gasteiger partial charge on any atom is -0.342 e.